The lowest BCUT2D eigenvalue weighted by Crippen LogP contribution is -2.21. The van der Waals surface area contributed by atoms with E-state index in [1.165, 1.54) is 26.4 Å². The van der Waals surface area contributed by atoms with Crippen molar-refractivity contribution in [3.05, 3.63) is 47.0 Å². The van der Waals surface area contributed by atoms with Gasteiger partial charge in [-0.25, -0.2) is 4.79 Å². The summed E-state index contributed by atoms with van der Waals surface area (Å²) < 4.78 is 21.1. The first kappa shape index (κ1) is 22.4. The fourth-order valence-electron chi connectivity index (χ4n) is 2.44. The van der Waals surface area contributed by atoms with Crippen molar-refractivity contribution in [3.8, 4) is 17.2 Å². The monoisotopic (exact) mass is 421 g/mol. The molecule has 2 aromatic carbocycles. The summed E-state index contributed by atoms with van der Waals surface area (Å²) in [5, 5.41) is 2.86. The number of ether oxygens (including phenoxy) is 4. The lowest BCUT2D eigenvalue weighted by Gasteiger charge is -2.14. The second-order valence-electron chi connectivity index (χ2n) is 6.02. The van der Waals surface area contributed by atoms with Crippen molar-refractivity contribution in [1.82, 2.24) is 0 Å². The van der Waals surface area contributed by atoms with Gasteiger partial charge in [0.2, 0.25) is 0 Å². The van der Waals surface area contributed by atoms with Crippen molar-refractivity contribution in [2.24, 2.45) is 0 Å². The Morgan fingerprint density at radius 2 is 1.79 bits per heavy atom. The second kappa shape index (κ2) is 11.2. The number of para-hydroxylation sites is 2. The summed E-state index contributed by atoms with van der Waals surface area (Å²) in [6, 6.07) is 9.81. The lowest BCUT2D eigenvalue weighted by molar-refractivity contribution is -0.119. The molecule has 7 nitrogen and oxygen atoms in total. The van der Waals surface area contributed by atoms with E-state index in [2.05, 4.69) is 5.32 Å². The van der Waals surface area contributed by atoms with Gasteiger partial charge in [-0.15, -0.1) is 0 Å². The predicted molar refractivity (Wildman–Crippen MR) is 110 cm³/mol. The Morgan fingerprint density at radius 3 is 2.48 bits per heavy atom. The molecule has 0 bridgehead atoms. The van der Waals surface area contributed by atoms with E-state index in [1.807, 2.05) is 6.92 Å². The zero-order valence-corrected chi connectivity index (χ0v) is 17.4. The van der Waals surface area contributed by atoms with Crippen LogP contribution in [0.1, 0.15) is 30.1 Å². The molecule has 0 atom stereocenters. The molecule has 0 aromatic heterocycles. The van der Waals surface area contributed by atoms with E-state index in [1.54, 1.807) is 24.3 Å². The summed E-state index contributed by atoms with van der Waals surface area (Å²) in [5.74, 6) is -0.0182. The summed E-state index contributed by atoms with van der Waals surface area (Å²) in [5.41, 5.74) is 0.633. The Kier molecular flexibility index (Phi) is 8.61. The van der Waals surface area contributed by atoms with Crippen LogP contribution in [0.2, 0.25) is 5.02 Å². The number of rotatable bonds is 10. The number of methoxy groups -OCH3 is 2. The predicted octanol–water partition coefficient (Wildman–Crippen LogP) is 4.33. The summed E-state index contributed by atoms with van der Waals surface area (Å²) in [4.78, 5) is 24.4. The van der Waals surface area contributed by atoms with Crippen LogP contribution in [0.3, 0.4) is 0 Å². The molecule has 0 aliphatic rings. The third-order valence-corrected chi connectivity index (χ3v) is 4.21. The van der Waals surface area contributed by atoms with Crippen LogP contribution < -0.4 is 19.5 Å². The van der Waals surface area contributed by atoms with Crippen LogP contribution in [0.5, 0.6) is 17.2 Å². The smallest absolute Gasteiger partial charge is 0.338 e. The van der Waals surface area contributed by atoms with Crippen LogP contribution in [0.4, 0.5) is 5.69 Å². The van der Waals surface area contributed by atoms with E-state index in [0.29, 0.717) is 29.5 Å². The number of carbonyl (C=O) groups excluding carboxylic acids is 2. The highest BCUT2D eigenvalue weighted by atomic mass is 35.5. The van der Waals surface area contributed by atoms with Crippen LogP contribution in [-0.2, 0) is 9.53 Å². The largest absolute Gasteiger partial charge is 0.495 e. The number of hydrogen-bond donors (Lipinski definition) is 1. The van der Waals surface area contributed by atoms with Gasteiger partial charge in [-0.3, -0.25) is 4.79 Å². The van der Waals surface area contributed by atoms with Crippen molar-refractivity contribution >= 4 is 29.2 Å². The maximum atomic E-state index is 12.3. The van der Waals surface area contributed by atoms with Gasteiger partial charge in [0.25, 0.3) is 5.91 Å². The molecule has 2 rings (SSSR count). The minimum absolute atomic E-state index is 0.153. The van der Waals surface area contributed by atoms with Gasteiger partial charge in [-0.1, -0.05) is 37.1 Å². The average Bonchev–Trinajstić information content (AvgIpc) is 2.73. The fourth-order valence-corrected chi connectivity index (χ4v) is 2.71. The van der Waals surface area contributed by atoms with Gasteiger partial charge in [0.15, 0.2) is 18.1 Å². The maximum absolute atomic E-state index is 12.3. The minimum atomic E-state index is -0.708. The molecule has 0 radical (unpaired) electrons. The van der Waals surface area contributed by atoms with Crippen LogP contribution in [-0.4, -0.2) is 39.3 Å². The number of carbonyl (C=O) groups is 2. The molecule has 0 fully saturated rings. The van der Waals surface area contributed by atoms with Gasteiger partial charge in [0, 0.05) is 0 Å². The van der Waals surface area contributed by atoms with Crippen LogP contribution in [0.15, 0.2) is 36.4 Å². The molecule has 0 saturated heterocycles. The number of halogens is 1. The molecular weight excluding hydrogens is 398 g/mol. The zero-order chi connectivity index (χ0) is 21.2. The molecule has 0 aliphatic carbocycles. The highest BCUT2D eigenvalue weighted by molar-refractivity contribution is 6.32. The molecule has 29 heavy (non-hydrogen) atoms. The van der Waals surface area contributed by atoms with E-state index in [0.717, 1.165) is 12.8 Å². The Balaban J connectivity index is 2.01. The average molecular weight is 422 g/mol. The number of hydrogen-bond acceptors (Lipinski definition) is 6. The highest BCUT2D eigenvalue weighted by Crippen LogP contribution is 2.36. The van der Waals surface area contributed by atoms with Gasteiger partial charge in [0.1, 0.15) is 5.75 Å². The van der Waals surface area contributed by atoms with E-state index in [-0.39, 0.29) is 10.6 Å². The van der Waals surface area contributed by atoms with Crippen molar-refractivity contribution in [2.75, 3.05) is 32.8 Å². The third kappa shape index (κ3) is 6.29. The molecular formula is C21H24ClNO6. The summed E-state index contributed by atoms with van der Waals surface area (Å²) in [6.45, 7) is 2.07. The first-order chi connectivity index (χ1) is 14.0. The zero-order valence-electron chi connectivity index (χ0n) is 16.6. The van der Waals surface area contributed by atoms with E-state index >= 15 is 0 Å². The number of anilines is 1. The van der Waals surface area contributed by atoms with Crippen molar-refractivity contribution < 1.29 is 28.5 Å². The number of amides is 1. The minimum Gasteiger partial charge on any atom is -0.495 e. The number of benzene rings is 2. The second-order valence-corrected chi connectivity index (χ2v) is 6.42. The highest BCUT2D eigenvalue weighted by Gasteiger charge is 2.18. The van der Waals surface area contributed by atoms with Gasteiger partial charge in [-0.05, 0) is 30.7 Å². The standard InChI is InChI=1S/C21H24ClNO6/c1-4-5-10-28-20-15(22)11-14(12-18(20)27-3)21(25)29-13-19(24)23-16-8-6-7-9-17(16)26-2/h6-9,11-12H,4-5,10,13H2,1-3H3,(H,23,24). The fraction of sp³-hybridized carbons (Fsp3) is 0.333. The topological polar surface area (TPSA) is 83.1 Å². The molecule has 0 heterocycles. The Bertz CT molecular complexity index is 855. The van der Waals surface area contributed by atoms with Crippen LogP contribution in [0.25, 0.3) is 0 Å². The van der Waals surface area contributed by atoms with E-state index in [4.69, 9.17) is 30.5 Å². The Morgan fingerprint density at radius 1 is 1.07 bits per heavy atom. The van der Waals surface area contributed by atoms with Gasteiger partial charge in [-0.2, -0.15) is 0 Å². The molecule has 2 aromatic rings. The van der Waals surface area contributed by atoms with Crippen molar-refractivity contribution in [1.29, 1.82) is 0 Å². The molecule has 8 heteroatoms. The van der Waals surface area contributed by atoms with E-state index in [9.17, 15) is 9.59 Å². The lowest BCUT2D eigenvalue weighted by atomic mass is 10.2. The van der Waals surface area contributed by atoms with Crippen LogP contribution in [0, 0.1) is 0 Å². The van der Waals surface area contributed by atoms with Crippen molar-refractivity contribution in [2.45, 2.75) is 19.8 Å². The Labute approximate surface area is 174 Å². The number of nitrogens with one attached hydrogen (secondary N) is 1. The maximum Gasteiger partial charge on any atom is 0.338 e. The molecule has 1 amide bonds. The molecule has 0 aliphatic heterocycles. The van der Waals surface area contributed by atoms with Gasteiger partial charge < -0.3 is 24.3 Å². The molecule has 0 saturated carbocycles. The first-order valence-electron chi connectivity index (χ1n) is 9.10. The molecule has 156 valence electrons. The van der Waals surface area contributed by atoms with Crippen LogP contribution >= 0.6 is 11.6 Å². The normalized spacial score (nSPS) is 10.2. The summed E-state index contributed by atoms with van der Waals surface area (Å²) in [7, 11) is 2.95. The SMILES string of the molecule is CCCCOc1c(Cl)cc(C(=O)OCC(=O)Nc2ccccc2OC)cc1OC. The summed E-state index contributed by atoms with van der Waals surface area (Å²) in [6.07, 6.45) is 1.84. The third-order valence-electron chi connectivity index (χ3n) is 3.92. The molecule has 0 spiro atoms. The quantitative estimate of drug-likeness (QED) is 0.454. The van der Waals surface area contributed by atoms with Gasteiger partial charge in [0.05, 0.1) is 37.1 Å². The summed E-state index contributed by atoms with van der Waals surface area (Å²) >= 11 is 6.23. The van der Waals surface area contributed by atoms with E-state index < -0.39 is 18.5 Å². The van der Waals surface area contributed by atoms with Crippen molar-refractivity contribution in [3.63, 3.8) is 0 Å². The first-order valence-corrected chi connectivity index (χ1v) is 9.48. The molecule has 0 unspecified atom stereocenters. The molecule has 1 N–H and O–H groups in total. The number of esters is 1. The Hall–Kier alpha value is -2.93. The number of unbranched alkanes of at least 4 members (excludes halogenated alkanes) is 1. The van der Waals surface area contributed by atoms with Gasteiger partial charge >= 0.3 is 5.97 Å².